The highest BCUT2D eigenvalue weighted by Crippen LogP contribution is 2.54. The molecule has 5 rings (SSSR count). The van der Waals surface area contributed by atoms with E-state index >= 15 is 0 Å². The number of phenols is 1. The maximum absolute atomic E-state index is 14.2. The SMILES string of the molecule is CN(C)[C@@H]1C(=O)C(C(N)=O)C(=O)[C@@]2(O)C(=O)C3C(=O)c4c(O)cccc4/C(=C\c4ccc(C(C)(C)C)cc4)[C@H]3[C@H](O)[C@@H]12. The zero-order chi connectivity index (χ0) is 31.0. The Bertz CT molecular complexity index is 1570. The number of likely N-dealkylation sites (N-methyl/N-ethyl adjacent to an activating group) is 1. The number of benzene rings is 2. The first-order valence-electron chi connectivity index (χ1n) is 13.7. The zero-order valence-corrected chi connectivity index (χ0v) is 24.0. The number of aliphatic hydroxyl groups excluding tert-OH is 1. The van der Waals surface area contributed by atoms with E-state index in [9.17, 15) is 39.3 Å². The van der Waals surface area contributed by atoms with Crippen molar-refractivity contribution in [1.29, 1.82) is 0 Å². The Hall–Kier alpha value is -3.99. The van der Waals surface area contributed by atoms with Crippen molar-refractivity contribution in [1.82, 2.24) is 4.90 Å². The number of carbonyl (C=O) groups is 5. The highest BCUT2D eigenvalue weighted by molar-refractivity contribution is 6.33. The van der Waals surface area contributed by atoms with Crippen molar-refractivity contribution in [3.05, 3.63) is 64.7 Å². The molecule has 0 heterocycles. The summed E-state index contributed by atoms with van der Waals surface area (Å²) in [5.74, 6) is -13.2. The molecule has 2 saturated carbocycles. The van der Waals surface area contributed by atoms with Crippen molar-refractivity contribution in [3.63, 3.8) is 0 Å². The monoisotopic (exact) mass is 574 g/mol. The van der Waals surface area contributed by atoms with E-state index in [4.69, 9.17) is 5.73 Å². The van der Waals surface area contributed by atoms with Gasteiger partial charge in [-0.1, -0.05) is 63.2 Å². The van der Waals surface area contributed by atoms with Crippen molar-refractivity contribution in [2.75, 3.05) is 14.1 Å². The molecule has 0 bridgehead atoms. The molecule has 0 spiro atoms. The molecule has 0 radical (unpaired) electrons. The Balaban J connectivity index is 1.76. The summed E-state index contributed by atoms with van der Waals surface area (Å²) in [6.45, 7) is 6.20. The number of carbonyl (C=O) groups excluding carboxylic acids is 5. The first-order chi connectivity index (χ1) is 19.5. The fourth-order valence-corrected chi connectivity index (χ4v) is 6.93. The molecule has 10 heteroatoms. The van der Waals surface area contributed by atoms with Gasteiger partial charge in [-0.2, -0.15) is 0 Å². The Labute approximate surface area is 242 Å². The van der Waals surface area contributed by atoms with Crippen LogP contribution in [-0.4, -0.2) is 81.1 Å². The Morgan fingerprint density at radius 1 is 1.00 bits per heavy atom. The molecule has 2 unspecified atom stereocenters. The van der Waals surface area contributed by atoms with E-state index in [1.54, 1.807) is 12.1 Å². The molecule has 3 aliphatic carbocycles. The molecule has 3 aliphatic rings. The van der Waals surface area contributed by atoms with Crippen molar-refractivity contribution in [3.8, 4) is 5.75 Å². The second kappa shape index (κ2) is 9.79. The van der Waals surface area contributed by atoms with E-state index in [1.807, 2.05) is 24.3 Å². The Morgan fingerprint density at radius 2 is 1.62 bits per heavy atom. The van der Waals surface area contributed by atoms with Crippen LogP contribution in [0.2, 0.25) is 0 Å². The molecule has 42 heavy (non-hydrogen) atoms. The topological polar surface area (TPSA) is 175 Å². The first kappa shape index (κ1) is 29.5. The molecular weight excluding hydrogens is 540 g/mol. The van der Waals surface area contributed by atoms with Crippen LogP contribution in [0.4, 0.5) is 0 Å². The molecule has 220 valence electrons. The van der Waals surface area contributed by atoms with Crippen LogP contribution < -0.4 is 5.73 Å². The number of hydrogen-bond acceptors (Lipinski definition) is 9. The van der Waals surface area contributed by atoms with Crippen LogP contribution in [0.3, 0.4) is 0 Å². The molecule has 0 aliphatic heterocycles. The number of aliphatic hydroxyl groups is 2. The molecular formula is C32H34N2O8. The summed E-state index contributed by atoms with van der Waals surface area (Å²) in [6.07, 6.45) is -0.0645. The largest absolute Gasteiger partial charge is 0.507 e. The van der Waals surface area contributed by atoms with Crippen LogP contribution >= 0.6 is 0 Å². The van der Waals surface area contributed by atoms with Gasteiger partial charge in [0.25, 0.3) is 0 Å². The average Bonchev–Trinajstić information content (AvgIpc) is 2.89. The summed E-state index contributed by atoms with van der Waals surface area (Å²) >= 11 is 0. The minimum Gasteiger partial charge on any atom is -0.507 e. The van der Waals surface area contributed by atoms with Gasteiger partial charge in [-0.25, -0.2) is 0 Å². The molecule has 10 nitrogen and oxygen atoms in total. The summed E-state index contributed by atoms with van der Waals surface area (Å²) in [7, 11) is 2.90. The number of amides is 1. The highest BCUT2D eigenvalue weighted by atomic mass is 16.3. The highest BCUT2D eigenvalue weighted by Gasteiger charge is 2.72. The average molecular weight is 575 g/mol. The lowest BCUT2D eigenvalue weighted by molar-refractivity contribution is -0.192. The van der Waals surface area contributed by atoms with Crippen LogP contribution in [-0.2, 0) is 24.6 Å². The van der Waals surface area contributed by atoms with Crippen LogP contribution in [0.5, 0.6) is 5.75 Å². The number of aromatic hydroxyl groups is 1. The number of fused-ring (bicyclic) bond motifs is 3. The number of primary amides is 1. The molecule has 7 atom stereocenters. The number of ketones is 4. The quantitative estimate of drug-likeness (QED) is 0.392. The van der Waals surface area contributed by atoms with E-state index in [0.29, 0.717) is 11.1 Å². The van der Waals surface area contributed by atoms with Crippen LogP contribution in [0, 0.1) is 23.7 Å². The number of nitrogens with zero attached hydrogens (tertiary/aromatic N) is 1. The van der Waals surface area contributed by atoms with Gasteiger partial charge in [0.05, 0.1) is 29.5 Å². The fraction of sp³-hybridized carbons (Fsp3) is 0.406. The molecule has 2 fully saturated rings. The molecule has 2 aromatic rings. The summed E-state index contributed by atoms with van der Waals surface area (Å²) in [4.78, 5) is 68.6. The third-order valence-corrected chi connectivity index (χ3v) is 8.97. The lowest BCUT2D eigenvalue weighted by Crippen LogP contribution is -2.77. The third kappa shape index (κ3) is 4.08. The van der Waals surface area contributed by atoms with E-state index < -0.39 is 76.2 Å². The van der Waals surface area contributed by atoms with Gasteiger partial charge in [0, 0.05) is 5.92 Å². The Morgan fingerprint density at radius 3 is 2.17 bits per heavy atom. The van der Waals surface area contributed by atoms with Gasteiger partial charge in [0.2, 0.25) is 5.91 Å². The molecule has 5 N–H and O–H groups in total. The van der Waals surface area contributed by atoms with Gasteiger partial charge in [0.1, 0.15) is 5.75 Å². The predicted octanol–water partition coefficient (Wildman–Crippen LogP) is 1.13. The predicted molar refractivity (Wildman–Crippen MR) is 152 cm³/mol. The third-order valence-electron chi connectivity index (χ3n) is 8.97. The van der Waals surface area contributed by atoms with E-state index in [1.165, 1.54) is 31.1 Å². The summed E-state index contributed by atoms with van der Waals surface area (Å²) in [5, 5.41) is 34.5. The van der Waals surface area contributed by atoms with Crippen molar-refractivity contribution < 1.29 is 39.3 Å². The van der Waals surface area contributed by atoms with Gasteiger partial charge >= 0.3 is 0 Å². The van der Waals surface area contributed by atoms with E-state index in [2.05, 4.69) is 20.8 Å². The number of hydrogen-bond donors (Lipinski definition) is 4. The summed E-state index contributed by atoms with van der Waals surface area (Å²) in [6, 6.07) is 10.5. The Kier molecular flexibility index (Phi) is 6.88. The maximum Gasteiger partial charge on any atom is 0.235 e. The molecule has 2 aromatic carbocycles. The van der Waals surface area contributed by atoms with Gasteiger partial charge in [0.15, 0.2) is 34.7 Å². The zero-order valence-electron chi connectivity index (χ0n) is 24.0. The molecule has 0 aromatic heterocycles. The van der Waals surface area contributed by atoms with Crippen molar-refractivity contribution in [2.24, 2.45) is 29.4 Å². The fourth-order valence-electron chi connectivity index (χ4n) is 6.93. The summed E-state index contributed by atoms with van der Waals surface area (Å²) < 4.78 is 0. The van der Waals surface area contributed by atoms with Crippen LogP contribution in [0.1, 0.15) is 47.8 Å². The van der Waals surface area contributed by atoms with E-state index in [0.717, 1.165) is 5.56 Å². The van der Waals surface area contributed by atoms with Crippen LogP contribution in [0.15, 0.2) is 42.5 Å². The minimum absolute atomic E-state index is 0.118. The smallest absolute Gasteiger partial charge is 0.235 e. The van der Waals surface area contributed by atoms with Crippen LogP contribution in [0.25, 0.3) is 11.6 Å². The second-order valence-electron chi connectivity index (χ2n) is 12.7. The molecule has 1 amide bonds. The second-order valence-corrected chi connectivity index (χ2v) is 12.7. The lowest BCUT2D eigenvalue weighted by atomic mass is 9.50. The number of Topliss-reactive ketones (excluding diaryl/α,β-unsaturated/α-hetero) is 4. The number of nitrogens with two attached hydrogens (primary N) is 1. The van der Waals surface area contributed by atoms with Crippen molar-refractivity contribution in [2.45, 2.75) is 43.9 Å². The van der Waals surface area contributed by atoms with Gasteiger partial charge in [-0.05, 0) is 47.8 Å². The number of phenolic OH excluding ortho intramolecular Hbond substituents is 1. The standard InChI is InChI=1S/C32H34N2O8/c1-31(2,3)15-11-9-14(10-12-15)13-17-16-7-6-8-18(35)19(16)25(36)21-20(17)26(37)23-24(34(4)5)27(38)22(30(33)41)29(40)32(23,42)28(21)39/h6-13,20-24,26,35,37,42H,1-5H3,(H2,33,41)/b17-13+/t20-,21?,22?,23-,24+,26+,32+/m1/s1. The summed E-state index contributed by atoms with van der Waals surface area (Å²) in [5.41, 5.74) is 4.35. The van der Waals surface area contributed by atoms with Gasteiger partial charge < -0.3 is 21.1 Å². The molecule has 0 saturated heterocycles. The van der Waals surface area contributed by atoms with Gasteiger partial charge in [-0.15, -0.1) is 0 Å². The van der Waals surface area contributed by atoms with E-state index in [-0.39, 0.29) is 16.5 Å². The lowest BCUT2D eigenvalue weighted by Gasteiger charge is -2.55. The van der Waals surface area contributed by atoms with Gasteiger partial charge in [-0.3, -0.25) is 28.9 Å². The van der Waals surface area contributed by atoms with Crippen molar-refractivity contribution >= 4 is 40.7 Å². The minimum atomic E-state index is -3.06. The number of rotatable bonds is 3. The normalized spacial score (nSPS) is 32.0. The maximum atomic E-state index is 14.2. The first-order valence-corrected chi connectivity index (χ1v) is 13.7.